The van der Waals surface area contributed by atoms with Gasteiger partial charge in [-0.15, -0.1) is 0 Å². The van der Waals surface area contributed by atoms with E-state index in [0.29, 0.717) is 8.64 Å². The van der Waals surface area contributed by atoms with Gasteiger partial charge in [0.05, 0.1) is 0 Å². The van der Waals surface area contributed by atoms with Gasteiger partial charge in [0.1, 0.15) is 0 Å². The van der Waals surface area contributed by atoms with Gasteiger partial charge in [0.2, 0.25) is 0 Å². The maximum Gasteiger partial charge on any atom is 2.00 e. The van der Waals surface area contributed by atoms with Gasteiger partial charge < -0.3 is 59.5 Å². The zero-order valence-electron chi connectivity index (χ0n) is 22.7. The summed E-state index contributed by atoms with van der Waals surface area (Å²) in [5.41, 5.74) is 0. The molecule has 0 aliphatic heterocycles. The van der Waals surface area contributed by atoms with Crippen LogP contribution in [-0.2, 0) is 44.7 Å². The Bertz CT molecular complexity index is 408. The monoisotopic (exact) mass is 584 g/mol. The molecule has 0 atom stereocenters. The van der Waals surface area contributed by atoms with Crippen LogP contribution in [0.15, 0.2) is 0 Å². The molecule has 192 valence electrons. The first kappa shape index (κ1) is 38.4. The number of unbranched alkanes of at least 4 members (excludes halogenated alkanes) is 6. The Labute approximate surface area is 242 Å². The van der Waals surface area contributed by atoms with E-state index in [1.165, 1.54) is 77.0 Å². The summed E-state index contributed by atoms with van der Waals surface area (Å²) >= 11 is 20.4. The maximum atomic E-state index is 5.09. The van der Waals surface area contributed by atoms with Crippen molar-refractivity contribution < 1.29 is 19.5 Å². The Balaban J connectivity index is -0.000000529. The fourth-order valence-corrected chi connectivity index (χ4v) is 4.08. The quantitative estimate of drug-likeness (QED) is 0.0686. The van der Waals surface area contributed by atoms with E-state index in [4.69, 9.17) is 49.7 Å². The van der Waals surface area contributed by atoms with Gasteiger partial charge in [-0.3, -0.25) is 0 Å². The van der Waals surface area contributed by atoms with Crippen LogP contribution in [0.2, 0.25) is 0 Å². The number of rotatable bonds is 18. The predicted octanol–water partition coefficient (Wildman–Crippen LogP) is 8.27. The van der Waals surface area contributed by atoms with E-state index in [1.807, 2.05) is 0 Å². The van der Waals surface area contributed by atoms with Crippen molar-refractivity contribution in [1.29, 1.82) is 0 Å². The molecule has 0 N–H and O–H groups in total. The molecule has 7 heteroatoms. The minimum Gasteiger partial charge on any atom is -0.411 e. The minimum atomic E-state index is 0. The Morgan fingerprint density at radius 2 is 0.879 bits per heavy atom. The fourth-order valence-electron chi connectivity index (χ4n) is 3.35. The zero-order valence-corrected chi connectivity index (χ0v) is 28.9. The third-order valence-corrected chi connectivity index (χ3v) is 6.53. The molecule has 0 bridgehead atoms. The Kier molecular flexibility index (Phi) is 31.9. The summed E-state index contributed by atoms with van der Waals surface area (Å²) in [6.07, 6.45) is 15.2. The van der Waals surface area contributed by atoms with E-state index >= 15 is 0 Å². The van der Waals surface area contributed by atoms with Crippen LogP contribution in [0.3, 0.4) is 0 Å². The average Bonchev–Trinajstić information content (AvgIpc) is 2.71. The smallest absolute Gasteiger partial charge is 0.411 e. The van der Waals surface area contributed by atoms with Crippen LogP contribution in [-0.4, -0.2) is 44.6 Å². The summed E-state index contributed by atoms with van der Waals surface area (Å²) in [6.45, 7) is 17.7. The molecule has 0 rings (SSSR count). The Morgan fingerprint density at radius 1 is 0.576 bits per heavy atom. The third-order valence-electron chi connectivity index (χ3n) is 5.50. The van der Waals surface area contributed by atoms with Crippen LogP contribution in [0.5, 0.6) is 0 Å². The Morgan fingerprint density at radius 3 is 1.12 bits per heavy atom. The minimum absolute atomic E-state index is 0. The van der Waals surface area contributed by atoms with E-state index in [2.05, 4.69) is 51.3 Å². The summed E-state index contributed by atoms with van der Waals surface area (Å²) in [7, 11) is 0. The zero-order chi connectivity index (χ0) is 24.8. The number of hydrogen-bond donors (Lipinski definition) is 0. The molecule has 0 amide bonds. The molecule has 0 saturated heterocycles. The molecule has 0 aromatic rings. The molecular formula is C26H52N2S4Zn. The van der Waals surface area contributed by atoms with Crippen LogP contribution in [0.4, 0.5) is 0 Å². The first-order valence-electron chi connectivity index (χ1n) is 13.1. The molecule has 0 radical (unpaired) electrons. The summed E-state index contributed by atoms with van der Waals surface area (Å²) < 4.78 is 1.30. The molecule has 0 aromatic heterocycles. The predicted molar refractivity (Wildman–Crippen MR) is 159 cm³/mol. The second kappa shape index (κ2) is 27.4. The molecule has 0 aliphatic rings. The van der Waals surface area contributed by atoms with Crippen LogP contribution in [0.25, 0.3) is 0 Å². The summed E-state index contributed by atoms with van der Waals surface area (Å²) in [4.78, 5) is 4.37. The van der Waals surface area contributed by atoms with Crippen molar-refractivity contribution in [2.24, 2.45) is 11.8 Å². The van der Waals surface area contributed by atoms with Crippen molar-refractivity contribution >= 4 is 58.3 Å². The average molecular weight is 586 g/mol. The summed E-state index contributed by atoms with van der Waals surface area (Å²) in [6, 6.07) is 0. The molecule has 0 fully saturated rings. The van der Waals surface area contributed by atoms with Crippen molar-refractivity contribution in [3.63, 3.8) is 0 Å². The number of hydrogen-bond acceptors (Lipinski definition) is 4. The third kappa shape index (κ3) is 29.0. The molecule has 0 spiro atoms. The molecule has 33 heavy (non-hydrogen) atoms. The Hall–Kier alpha value is 0.843. The molecular weight excluding hydrogens is 534 g/mol. The van der Waals surface area contributed by atoms with Gasteiger partial charge >= 0.3 is 19.5 Å². The van der Waals surface area contributed by atoms with Crippen LogP contribution >= 0.6 is 24.4 Å². The molecule has 0 aliphatic carbocycles. The van der Waals surface area contributed by atoms with Gasteiger partial charge in [-0.05, 0) is 37.5 Å². The SMILES string of the molecule is CCCCN(CCCCCC(C)C)C(=S)[S-].CCCCN(CCCCCC(C)C)C(=S)[S-].[Zn+2]. The van der Waals surface area contributed by atoms with Gasteiger partial charge in [0, 0.05) is 26.2 Å². The van der Waals surface area contributed by atoms with E-state index < -0.39 is 0 Å². The van der Waals surface area contributed by atoms with Crippen molar-refractivity contribution in [2.45, 2.75) is 119 Å². The molecule has 0 heterocycles. The van der Waals surface area contributed by atoms with Crippen LogP contribution < -0.4 is 0 Å². The largest absolute Gasteiger partial charge is 2.00 e. The van der Waals surface area contributed by atoms with Gasteiger partial charge in [-0.2, -0.15) is 0 Å². The van der Waals surface area contributed by atoms with Gasteiger partial charge in [0.25, 0.3) is 0 Å². The summed E-state index contributed by atoms with van der Waals surface area (Å²) in [5.74, 6) is 1.66. The number of nitrogens with zero attached hydrogens (tertiary/aromatic N) is 2. The topological polar surface area (TPSA) is 6.48 Å². The van der Waals surface area contributed by atoms with Gasteiger partial charge in [-0.1, -0.05) is 102 Å². The van der Waals surface area contributed by atoms with Crippen molar-refractivity contribution in [1.82, 2.24) is 9.80 Å². The van der Waals surface area contributed by atoms with E-state index in [1.54, 1.807) is 0 Å². The second-order valence-electron chi connectivity index (χ2n) is 9.70. The molecule has 0 unspecified atom stereocenters. The van der Waals surface area contributed by atoms with E-state index in [9.17, 15) is 0 Å². The standard InChI is InChI=1S/2C13H27NS2.Zn/c2*1-4-5-10-14(13(15)16)11-8-6-7-9-12(2)3;/h2*12H,4-11H2,1-3H3,(H,15,16);/q;;+2/p-2. The first-order chi connectivity index (χ1) is 15.1. The van der Waals surface area contributed by atoms with Crippen LogP contribution in [0, 0.1) is 11.8 Å². The van der Waals surface area contributed by atoms with Crippen molar-refractivity contribution in [3.8, 4) is 0 Å². The molecule has 0 aromatic carbocycles. The van der Waals surface area contributed by atoms with Gasteiger partial charge in [-0.25, -0.2) is 0 Å². The summed E-state index contributed by atoms with van der Waals surface area (Å²) in [5, 5.41) is 0. The maximum absolute atomic E-state index is 5.09. The van der Waals surface area contributed by atoms with Crippen LogP contribution in [0.1, 0.15) is 119 Å². The normalized spacial score (nSPS) is 10.4. The van der Waals surface area contributed by atoms with Crippen molar-refractivity contribution in [3.05, 3.63) is 0 Å². The molecule has 2 nitrogen and oxygen atoms in total. The van der Waals surface area contributed by atoms with Crippen molar-refractivity contribution in [2.75, 3.05) is 26.2 Å². The first-order valence-corrected chi connectivity index (χ1v) is 14.7. The van der Waals surface area contributed by atoms with E-state index in [-0.39, 0.29) is 19.5 Å². The second-order valence-corrected chi connectivity index (χ2v) is 11.8. The van der Waals surface area contributed by atoms with E-state index in [0.717, 1.165) is 38.0 Å². The number of thiocarbonyl (C=S) groups is 2. The van der Waals surface area contributed by atoms with Gasteiger partial charge in [0.15, 0.2) is 0 Å². The fraction of sp³-hybridized carbons (Fsp3) is 0.923. The molecule has 0 saturated carbocycles.